The molecule has 0 spiro atoms. The van der Waals surface area contributed by atoms with Gasteiger partial charge < -0.3 is 4.57 Å². The van der Waals surface area contributed by atoms with E-state index in [0.29, 0.717) is 15.7 Å². The third kappa shape index (κ3) is 1.59. The molecule has 0 saturated carbocycles. The second kappa shape index (κ2) is 3.39. The molecule has 1 aromatic carbocycles. The standard InChI is InChI=1S/C9H7N3O2S/c1-11-8-4-6(12(13)14)2-3-7(8)10-5-9(11)15/h2-5H,1H3. The van der Waals surface area contributed by atoms with Gasteiger partial charge in [-0.15, -0.1) is 0 Å². The SMILES string of the molecule is Cn1c(=S)cnc2ccc([N+](=O)[O-])cc21. The number of nitrogens with zero attached hydrogens (tertiary/aromatic N) is 3. The quantitative estimate of drug-likeness (QED) is 0.421. The zero-order chi connectivity index (χ0) is 11.0. The van der Waals surface area contributed by atoms with Crippen LogP contribution in [0.1, 0.15) is 0 Å². The number of rotatable bonds is 1. The Labute approximate surface area is 90.1 Å². The summed E-state index contributed by atoms with van der Waals surface area (Å²) in [5.74, 6) is 0. The molecule has 2 aromatic rings. The Bertz CT molecular complexity index is 606. The zero-order valence-corrected chi connectivity index (χ0v) is 8.69. The third-order valence-electron chi connectivity index (χ3n) is 2.18. The molecule has 1 aromatic heterocycles. The summed E-state index contributed by atoms with van der Waals surface area (Å²) in [7, 11) is 1.76. The Hall–Kier alpha value is -1.82. The first kappa shape index (κ1) is 9.72. The van der Waals surface area contributed by atoms with Gasteiger partial charge in [0.2, 0.25) is 0 Å². The number of aryl methyl sites for hydroxylation is 1. The fourth-order valence-electron chi connectivity index (χ4n) is 1.33. The Morgan fingerprint density at radius 3 is 2.93 bits per heavy atom. The van der Waals surface area contributed by atoms with Crippen LogP contribution in [0.4, 0.5) is 5.69 Å². The first-order valence-electron chi connectivity index (χ1n) is 4.20. The van der Waals surface area contributed by atoms with Gasteiger partial charge in [-0.05, 0) is 6.07 Å². The van der Waals surface area contributed by atoms with Gasteiger partial charge in [-0.3, -0.25) is 15.1 Å². The molecule has 1 heterocycles. The van der Waals surface area contributed by atoms with Crippen LogP contribution in [0.5, 0.6) is 0 Å². The molecule has 0 atom stereocenters. The van der Waals surface area contributed by atoms with Gasteiger partial charge >= 0.3 is 0 Å². The van der Waals surface area contributed by atoms with E-state index < -0.39 is 4.92 Å². The summed E-state index contributed by atoms with van der Waals surface area (Å²) in [5.41, 5.74) is 1.40. The number of fused-ring (bicyclic) bond motifs is 1. The second-order valence-electron chi connectivity index (χ2n) is 3.09. The van der Waals surface area contributed by atoms with Crippen molar-refractivity contribution < 1.29 is 4.92 Å². The molecule has 0 saturated heterocycles. The Morgan fingerprint density at radius 1 is 1.53 bits per heavy atom. The largest absolute Gasteiger partial charge is 0.332 e. The lowest BCUT2D eigenvalue weighted by Gasteiger charge is -2.03. The number of nitro benzene ring substituents is 1. The van der Waals surface area contributed by atoms with Crippen molar-refractivity contribution in [2.75, 3.05) is 0 Å². The molecule has 0 amide bonds. The average molecular weight is 221 g/mol. The molecule has 0 fully saturated rings. The van der Waals surface area contributed by atoms with E-state index in [-0.39, 0.29) is 5.69 Å². The van der Waals surface area contributed by atoms with Gasteiger partial charge in [-0.2, -0.15) is 0 Å². The van der Waals surface area contributed by atoms with Gasteiger partial charge in [-0.1, -0.05) is 12.2 Å². The van der Waals surface area contributed by atoms with E-state index in [9.17, 15) is 10.1 Å². The zero-order valence-electron chi connectivity index (χ0n) is 7.88. The van der Waals surface area contributed by atoms with Crippen molar-refractivity contribution in [2.24, 2.45) is 7.05 Å². The minimum atomic E-state index is -0.435. The fourth-order valence-corrected chi connectivity index (χ4v) is 1.48. The van der Waals surface area contributed by atoms with E-state index >= 15 is 0 Å². The average Bonchev–Trinajstić information content (AvgIpc) is 2.23. The van der Waals surface area contributed by atoms with Crippen molar-refractivity contribution >= 4 is 28.9 Å². The molecule has 0 aliphatic heterocycles. The van der Waals surface area contributed by atoms with Crippen LogP contribution < -0.4 is 0 Å². The third-order valence-corrected chi connectivity index (χ3v) is 2.56. The lowest BCUT2D eigenvalue weighted by molar-refractivity contribution is -0.384. The monoisotopic (exact) mass is 221 g/mol. The Kier molecular flexibility index (Phi) is 2.20. The molecular formula is C9H7N3O2S. The molecular weight excluding hydrogens is 214 g/mol. The number of non-ortho nitro benzene ring substituents is 1. The van der Waals surface area contributed by atoms with Gasteiger partial charge in [0, 0.05) is 19.2 Å². The lowest BCUT2D eigenvalue weighted by atomic mass is 10.2. The first-order valence-corrected chi connectivity index (χ1v) is 4.60. The summed E-state index contributed by atoms with van der Waals surface area (Å²) in [6.45, 7) is 0. The van der Waals surface area contributed by atoms with Crippen LogP contribution in [0.25, 0.3) is 11.0 Å². The van der Waals surface area contributed by atoms with Crippen LogP contribution in [0.15, 0.2) is 24.4 Å². The molecule has 5 nitrogen and oxygen atoms in total. The van der Waals surface area contributed by atoms with Crippen LogP contribution >= 0.6 is 12.2 Å². The fraction of sp³-hybridized carbons (Fsp3) is 0.111. The van der Waals surface area contributed by atoms with Gasteiger partial charge in [0.05, 0.1) is 22.2 Å². The lowest BCUT2D eigenvalue weighted by Crippen LogP contribution is -1.97. The Balaban J connectivity index is 2.85. The first-order chi connectivity index (χ1) is 7.09. The van der Waals surface area contributed by atoms with E-state index in [1.165, 1.54) is 12.1 Å². The number of aromatic nitrogens is 2. The molecule has 0 unspecified atom stereocenters. The van der Waals surface area contributed by atoms with Crippen molar-refractivity contribution in [1.82, 2.24) is 9.55 Å². The predicted molar refractivity (Wildman–Crippen MR) is 58.2 cm³/mol. The minimum absolute atomic E-state index is 0.0421. The maximum absolute atomic E-state index is 10.6. The summed E-state index contributed by atoms with van der Waals surface area (Å²) in [6.07, 6.45) is 1.56. The van der Waals surface area contributed by atoms with Crippen LogP contribution in [0.2, 0.25) is 0 Å². The van der Waals surface area contributed by atoms with E-state index in [1.807, 2.05) is 0 Å². The molecule has 0 bridgehead atoms. The van der Waals surface area contributed by atoms with Crippen LogP contribution in [0.3, 0.4) is 0 Å². The van der Waals surface area contributed by atoms with Crippen LogP contribution in [0, 0.1) is 14.8 Å². The van der Waals surface area contributed by atoms with Crippen molar-refractivity contribution in [1.29, 1.82) is 0 Å². The highest BCUT2D eigenvalue weighted by Crippen LogP contribution is 2.18. The number of nitro groups is 1. The number of benzene rings is 1. The molecule has 76 valence electrons. The van der Waals surface area contributed by atoms with Gasteiger partial charge in [0.25, 0.3) is 5.69 Å². The van der Waals surface area contributed by atoms with Crippen molar-refractivity contribution in [3.05, 3.63) is 39.2 Å². The summed E-state index contributed by atoms with van der Waals surface area (Å²) >= 11 is 5.02. The summed E-state index contributed by atoms with van der Waals surface area (Å²) < 4.78 is 2.24. The van der Waals surface area contributed by atoms with Crippen molar-refractivity contribution in [2.45, 2.75) is 0 Å². The molecule has 0 aliphatic rings. The molecule has 15 heavy (non-hydrogen) atoms. The topological polar surface area (TPSA) is 61.0 Å². The maximum Gasteiger partial charge on any atom is 0.271 e. The van der Waals surface area contributed by atoms with Crippen molar-refractivity contribution in [3.8, 4) is 0 Å². The second-order valence-corrected chi connectivity index (χ2v) is 3.50. The van der Waals surface area contributed by atoms with Gasteiger partial charge in [0.15, 0.2) is 0 Å². The highest BCUT2D eigenvalue weighted by molar-refractivity contribution is 7.71. The van der Waals surface area contributed by atoms with Gasteiger partial charge in [0.1, 0.15) is 4.64 Å². The van der Waals surface area contributed by atoms with E-state index in [0.717, 1.165) is 0 Å². The highest BCUT2D eigenvalue weighted by Gasteiger charge is 2.07. The predicted octanol–water partition coefficient (Wildman–Crippen LogP) is 2.21. The molecule has 0 radical (unpaired) electrons. The molecule has 0 aliphatic carbocycles. The van der Waals surface area contributed by atoms with E-state index in [1.54, 1.807) is 23.9 Å². The smallest absolute Gasteiger partial charge is 0.271 e. The summed E-state index contributed by atoms with van der Waals surface area (Å²) in [6, 6.07) is 4.51. The maximum atomic E-state index is 10.6. The van der Waals surface area contributed by atoms with Gasteiger partial charge in [-0.25, -0.2) is 0 Å². The number of hydrogen-bond donors (Lipinski definition) is 0. The normalized spacial score (nSPS) is 10.5. The van der Waals surface area contributed by atoms with E-state index in [2.05, 4.69) is 4.98 Å². The van der Waals surface area contributed by atoms with Crippen LogP contribution in [-0.4, -0.2) is 14.5 Å². The van der Waals surface area contributed by atoms with Crippen molar-refractivity contribution in [3.63, 3.8) is 0 Å². The molecule has 2 rings (SSSR count). The summed E-state index contributed by atoms with van der Waals surface area (Å²) in [5, 5.41) is 10.6. The Morgan fingerprint density at radius 2 is 2.27 bits per heavy atom. The molecule has 6 heteroatoms. The number of hydrogen-bond acceptors (Lipinski definition) is 4. The van der Waals surface area contributed by atoms with Crippen LogP contribution in [-0.2, 0) is 7.05 Å². The highest BCUT2D eigenvalue weighted by atomic mass is 32.1. The summed E-state index contributed by atoms with van der Waals surface area (Å²) in [4.78, 5) is 14.3. The van der Waals surface area contributed by atoms with E-state index in [4.69, 9.17) is 12.2 Å². The minimum Gasteiger partial charge on any atom is -0.332 e. The molecule has 0 N–H and O–H groups in total.